The van der Waals surface area contributed by atoms with Crippen LogP contribution in [0.15, 0.2) is 4.99 Å². The SMILES string of the molecule is CN=C(NCCN1CCCS1(=O)=O)N1CCN(C(C)C(F)(F)F)CC1. The van der Waals surface area contributed by atoms with E-state index < -0.39 is 22.2 Å². The third kappa shape index (κ3) is 5.20. The van der Waals surface area contributed by atoms with Crippen molar-refractivity contribution in [3.8, 4) is 0 Å². The summed E-state index contributed by atoms with van der Waals surface area (Å²) in [5.74, 6) is 0.789. The standard InChI is InChI=1S/C14H26F3N5O2S/c1-12(14(15,16)17)20-7-9-21(10-8-20)13(18-2)19-4-6-22-5-3-11-25(22,23)24/h12H,3-11H2,1-2H3,(H,18,19). The van der Waals surface area contributed by atoms with Gasteiger partial charge in [0.1, 0.15) is 6.04 Å². The maximum absolute atomic E-state index is 12.8. The molecule has 0 aromatic carbocycles. The fraction of sp³-hybridized carbons (Fsp3) is 0.929. The Morgan fingerprint density at radius 3 is 2.32 bits per heavy atom. The minimum atomic E-state index is -4.22. The Bertz CT molecular complexity index is 574. The molecule has 0 radical (unpaired) electrons. The number of halogens is 3. The van der Waals surface area contributed by atoms with Crippen LogP contribution in [0.1, 0.15) is 13.3 Å². The van der Waals surface area contributed by atoms with Crippen LogP contribution in [0.5, 0.6) is 0 Å². The molecule has 1 N–H and O–H groups in total. The van der Waals surface area contributed by atoms with Crippen molar-refractivity contribution < 1.29 is 21.6 Å². The number of nitrogens with zero attached hydrogens (tertiary/aromatic N) is 4. The molecule has 2 heterocycles. The molecule has 2 fully saturated rings. The Labute approximate surface area is 146 Å². The molecule has 0 aromatic rings. The lowest BCUT2D eigenvalue weighted by Gasteiger charge is -2.39. The highest BCUT2D eigenvalue weighted by Gasteiger charge is 2.41. The van der Waals surface area contributed by atoms with Gasteiger partial charge in [0.25, 0.3) is 0 Å². The van der Waals surface area contributed by atoms with Crippen molar-refractivity contribution in [1.29, 1.82) is 0 Å². The van der Waals surface area contributed by atoms with Gasteiger partial charge in [-0.3, -0.25) is 9.89 Å². The van der Waals surface area contributed by atoms with Crippen LogP contribution in [0.2, 0.25) is 0 Å². The highest BCUT2D eigenvalue weighted by molar-refractivity contribution is 7.89. The molecule has 25 heavy (non-hydrogen) atoms. The molecule has 2 rings (SSSR count). The Balaban J connectivity index is 1.79. The quantitative estimate of drug-likeness (QED) is 0.552. The second-order valence-electron chi connectivity index (χ2n) is 6.28. The molecule has 1 atom stereocenters. The zero-order valence-electron chi connectivity index (χ0n) is 14.6. The van der Waals surface area contributed by atoms with E-state index >= 15 is 0 Å². The van der Waals surface area contributed by atoms with Gasteiger partial charge < -0.3 is 10.2 Å². The van der Waals surface area contributed by atoms with E-state index in [0.29, 0.717) is 58.2 Å². The van der Waals surface area contributed by atoms with Gasteiger partial charge in [-0.2, -0.15) is 13.2 Å². The molecule has 0 bridgehead atoms. The van der Waals surface area contributed by atoms with Crippen molar-refractivity contribution in [2.75, 3.05) is 58.6 Å². The number of piperazine rings is 1. The van der Waals surface area contributed by atoms with Crippen molar-refractivity contribution in [1.82, 2.24) is 19.4 Å². The van der Waals surface area contributed by atoms with Crippen LogP contribution in [0.4, 0.5) is 13.2 Å². The van der Waals surface area contributed by atoms with Gasteiger partial charge in [0, 0.05) is 52.9 Å². The summed E-state index contributed by atoms with van der Waals surface area (Å²) >= 11 is 0. The van der Waals surface area contributed by atoms with E-state index in [4.69, 9.17) is 0 Å². The average Bonchev–Trinajstić information content (AvgIpc) is 2.89. The molecule has 0 aromatic heterocycles. The highest BCUT2D eigenvalue weighted by atomic mass is 32.2. The predicted molar refractivity (Wildman–Crippen MR) is 90.0 cm³/mol. The first-order valence-corrected chi connectivity index (χ1v) is 10.0. The molecule has 0 spiro atoms. The number of sulfonamides is 1. The van der Waals surface area contributed by atoms with Gasteiger partial charge in [0.15, 0.2) is 5.96 Å². The van der Waals surface area contributed by atoms with Gasteiger partial charge >= 0.3 is 6.18 Å². The van der Waals surface area contributed by atoms with E-state index in [1.807, 2.05) is 4.90 Å². The minimum absolute atomic E-state index is 0.196. The molecule has 1 unspecified atom stereocenters. The zero-order valence-corrected chi connectivity index (χ0v) is 15.4. The van der Waals surface area contributed by atoms with Crippen LogP contribution >= 0.6 is 0 Å². The topological polar surface area (TPSA) is 68.2 Å². The molecule has 2 aliphatic heterocycles. The summed E-state index contributed by atoms with van der Waals surface area (Å²) in [4.78, 5) is 7.47. The van der Waals surface area contributed by atoms with E-state index in [1.54, 1.807) is 7.05 Å². The molecule has 11 heteroatoms. The largest absolute Gasteiger partial charge is 0.403 e. The van der Waals surface area contributed by atoms with E-state index in [-0.39, 0.29) is 5.75 Å². The van der Waals surface area contributed by atoms with Gasteiger partial charge in [0.2, 0.25) is 10.0 Å². The number of rotatable bonds is 4. The second-order valence-corrected chi connectivity index (χ2v) is 8.37. The van der Waals surface area contributed by atoms with Crippen molar-refractivity contribution in [2.24, 2.45) is 4.99 Å². The normalized spacial score (nSPS) is 24.5. The first-order valence-electron chi connectivity index (χ1n) is 8.39. The third-order valence-electron chi connectivity index (χ3n) is 4.69. The van der Waals surface area contributed by atoms with Crippen LogP contribution in [0.3, 0.4) is 0 Å². The molecule has 0 saturated carbocycles. The third-order valence-corrected chi connectivity index (χ3v) is 6.65. The van der Waals surface area contributed by atoms with Crippen molar-refractivity contribution in [3.63, 3.8) is 0 Å². The number of hydrogen-bond donors (Lipinski definition) is 1. The summed E-state index contributed by atoms with van der Waals surface area (Å²) in [6.07, 6.45) is -3.57. The number of hydrogen-bond acceptors (Lipinski definition) is 4. The Kier molecular flexibility index (Phi) is 6.55. The first kappa shape index (κ1) is 20.2. The van der Waals surface area contributed by atoms with Crippen LogP contribution in [0, 0.1) is 0 Å². The van der Waals surface area contributed by atoms with Crippen LogP contribution in [-0.2, 0) is 10.0 Å². The summed E-state index contributed by atoms with van der Waals surface area (Å²) < 4.78 is 63.3. The Morgan fingerprint density at radius 2 is 1.84 bits per heavy atom. The fourth-order valence-corrected chi connectivity index (χ4v) is 4.62. The molecule has 7 nitrogen and oxygen atoms in total. The van der Waals surface area contributed by atoms with Gasteiger partial charge in [-0.25, -0.2) is 12.7 Å². The lowest BCUT2D eigenvalue weighted by Crippen LogP contribution is -2.57. The minimum Gasteiger partial charge on any atom is -0.355 e. The van der Waals surface area contributed by atoms with Crippen molar-refractivity contribution in [3.05, 3.63) is 0 Å². The van der Waals surface area contributed by atoms with Crippen LogP contribution < -0.4 is 5.32 Å². The number of aliphatic imine (C=N–C) groups is 1. The van der Waals surface area contributed by atoms with E-state index in [2.05, 4.69) is 10.3 Å². The summed E-state index contributed by atoms with van der Waals surface area (Å²) in [7, 11) is -1.51. The van der Waals surface area contributed by atoms with E-state index in [1.165, 1.54) is 16.1 Å². The molecule has 0 amide bonds. The monoisotopic (exact) mass is 385 g/mol. The van der Waals surface area contributed by atoms with Crippen molar-refractivity contribution in [2.45, 2.75) is 25.6 Å². The highest BCUT2D eigenvalue weighted by Crippen LogP contribution is 2.25. The number of alkyl halides is 3. The van der Waals surface area contributed by atoms with Gasteiger partial charge in [-0.05, 0) is 13.3 Å². The van der Waals surface area contributed by atoms with E-state index in [9.17, 15) is 21.6 Å². The fourth-order valence-electron chi connectivity index (χ4n) is 3.10. The maximum atomic E-state index is 12.8. The molecule has 0 aliphatic carbocycles. The lowest BCUT2D eigenvalue weighted by molar-refractivity contribution is -0.181. The second kappa shape index (κ2) is 8.09. The van der Waals surface area contributed by atoms with Gasteiger partial charge in [0.05, 0.1) is 5.75 Å². The average molecular weight is 385 g/mol. The van der Waals surface area contributed by atoms with Crippen LogP contribution in [-0.4, -0.2) is 99.3 Å². The van der Waals surface area contributed by atoms with E-state index in [0.717, 1.165) is 0 Å². The lowest BCUT2D eigenvalue weighted by atomic mass is 10.2. The first-order chi connectivity index (χ1) is 11.6. The van der Waals surface area contributed by atoms with Gasteiger partial charge in [-0.15, -0.1) is 0 Å². The number of nitrogens with one attached hydrogen (secondary N) is 1. The molecular weight excluding hydrogens is 359 g/mol. The molecular formula is C14H26F3N5O2S. The predicted octanol–water partition coefficient (Wildman–Crippen LogP) is 0.166. The maximum Gasteiger partial charge on any atom is 0.403 e. The van der Waals surface area contributed by atoms with Crippen molar-refractivity contribution >= 4 is 16.0 Å². The Hall–Kier alpha value is -1.07. The summed E-state index contributed by atoms with van der Waals surface area (Å²) in [5.41, 5.74) is 0. The molecule has 2 saturated heterocycles. The van der Waals surface area contributed by atoms with Crippen LogP contribution in [0.25, 0.3) is 0 Å². The summed E-state index contributed by atoms with van der Waals surface area (Å²) in [6.45, 7) is 4.02. The summed E-state index contributed by atoms with van der Waals surface area (Å²) in [5, 5.41) is 3.11. The Morgan fingerprint density at radius 1 is 1.20 bits per heavy atom. The smallest absolute Gasteiger partial charge is 0.355 e. The van der Waals surface area contributed by atoms with Gasteiger partial charge in [-0.1, -0.05) is 0 Å². The summed E-state index contributed by atoms with van der Waals surface area (Å²) in [6, 6.07) is -1.45. The number of guanidine groups is 1. The zero-order chi connectivity index (χ0) is 18.7. The molecule has 146 valence electrons. The molecule has 2 aliphatic rings.